The van der Waals surface area contributed by atoms with Gasteiger partial charge >= 0.3 is 0 Å². The molecule has 1 heteroatoms. The molecule has 0 unspecified atom stereocenters. The average Bonchev–Trinajstić information content (AvgIpc) is 2.70. The van der Waals surface area contributed by atoms with E-state index in [-0.39, 0.29) is 6.10 Å². The van der Waals surface area contributed by atoms with Crippen LogP contribution in [-0.2, 0) is 0 Å². The maximum Gasteiger partial charge on any atom is 0.0540 e. The van der Waals surface area contributed by atoms with Gasteiger partial charge in [0, 0.05) is 0 Å². The molecule has 0 spiro atoms. The van der Waals surface area contributed by atoms with Crippen LogP contribution >= 0.6 is 0 Å². The molecule has 0 atom stereocenters. The van der Waals surface area contributed by atoms with Crippen LogP contribution in [0.25, 0.3) is 0 Å². The molecular weight excluding hydrogens is 316 g/mol. The summed E-state index contributed by atoms with van der Waals surface area (Å²) < 4.78 is 0. The maximum atomic E-state index is 9.77. The number of hydrogen-bond acceptors (Lipinski definition) is 1. The lowest BCUT2D eigenvalue weighted by molar-refractivity contribution is 0.0625. The summed E-state index contributed by atoms with van der Waals surface area (Å²) in [5.74, 6) is 7.26. The summed E-state index contributed by atoms with van der Waals surface area (Å²) in [5.41, 5.74) is 0. The van der Waals surface area contributed by atoms with Crippen LogP contribution in [-0.4, -0.2) is 11.2 Å². The molecule has 4 fully saturated rings. The van der Waals surface area contributed by atoms with E-state index in [2.05, 4.69) is 6.92 Å². The van der Waals surface area contributed by atoms with Gasteiger partial charge in [0.25, 0.3) is 0 Å². The average molecular weight is 361 g/mol. The van der Waals surface area contributed by atoms with Crippen molar-refractivity contribution in [3.05, 3.63) is 0 Å². The predicted octanol–water partition coefficient (Wildman–Crippen LogP) is 6.98. The molecule has 1 N–H and O–H groups in total. The molecule has 26 heavy (non-hydrogen) atoms. The van der Waals surface area contributed by atoms with Crippen molar-refractivity contribution in [3.63, 3.8) is 0 Å². The van der Waals surface area contributed by atoms with E-state index in [9.17, 15) is 5.11 Å². The molecule has 0 aromatic carbocycles. The molecule has 0 amide bonds. The summed E-state index contributed by atoms with van der Waals surface area (Å²) in [7, 11) is 0. The Hall–Kier alpha value is -0.0400. The van der Waals surface area contributed by atoms with Crippen LogP contribution in [0.1, 0.15) is 110 Å². The molecule has 0 heterocycles. The maximum absolute atomic E-state index is 9.77. The molecule has 150 valence electrons. The molecule has 4 rings (SSSR count). The molecular formula is C25H44O. The van der Waals surface area contributed by atoms with Gasteiger partial charge in [-0.2, -0.15) is 0 Å². The minimum absolute atomic E-state index is 0.0187. The highest BCUT2D eigenvalue weighted by molar-refractivity contribution is 4.87. The third-order valence-corrected chi connectivity index (χ3v) is 9.43. The fourth-order valence-electron chi connectivity index (χ4n) is 7.51. The zero-order valence-electron chi connectivity index (χ0n) is 17.4. The normalized spacial score (nSPS) is 48.2. The number of rotatable bonds is 3. The highest BCUT2D eigenvalue weighted by Gasteiger charge is 2.36. The highest BCUT2D eigenvalue weighted by Crippen LogP contribution is 2.47. The van der Waals surface area contributed by atoms with E-state index in [4.69, 9.17) is 0 Å². The quantitative estimate of drug-likeness (QED) is 0.575. The second kappa shape index (κ2) is 8.97. The Morgan fingerprint density at radius 1 is 0.385 bits per heavy atom. The molecule has 0 aromatic heterocycles. The summed E-state index contributed by atoms with van der Waals surface area (Å²) in [6.45, 7) is 2.46. The lowest BCUT2D eigenvalue weighted by Crippen LogP contribution is -2.31. The van der Waals surface area contributed by atoms with E-state index in [1.807, 2.05) is 0 Å². The SMILES string of the molecule is CC1CCC(C2CCC(C3CCC(C4CCC(O)CC4)CC3)CC2)CC1. The highest BCUT2D eigenvalue weighted by atomic mass is 16.3. The smallest absolute Gasteiger partial charge is 0.0540 e. The van der Waals surface area contributed by atoms with Crippen molar-refractivity contribution in [2.75, 3.05) is 0 Å². The summed E-state index contributed by atoms with van der Waals surface area (Å²) in [6.07, 6.45) is 23.2. The first kappa shape index (κ1) is 19.3. The Labute approximate surface area is 162 Å². The van der Waals surface area contributed by atoms with Gasteiger partial charge in [-0.3, -0.25) is 0 Å². The van der Waals surface area contributed by atoms with Gasteiger partial charge in [-0.05, 0) is 131 Å². The molecule has 4 aliphatic rings. The molecule has 0 bridgehead atoms. The Kier molecular flexibility index (Phi) is 6.66. The zero-order chi connectivity index (χ0) is 17.9. The van der Waals surface area contributed by atoms with E-state index < -0.39 is 0 Å². The Morgan fingerprint density at radius 3 is 0.923 bits per heavy atom. The van der Waals surface area contributed by atoms with Crippen molar-refractivity contribution in [1.82, 2.24) is 0 Å². The minimum atomic E-state index is 0.0187. The lowest BCUT2D eigenvalue weighted by Gasteiger charge is -2.42. The van der Waals surface area contributed by atoms with Crippen LogP contribution in [0.5, 0.6) is 0 Å². The molecule has 0 radical (unpaired) electrons. The zero-order valence-corrected chi connectivity index (χ0v) is 17.4. The van der Waals surface area contributed by atoms with E-state index in [0.29, 0.717) is 0 Å². The van der Waals surface area contributed by atoms with E-state index >= 15 is 0 Å². The predicted molar refractivity (Wildman–Crippen MR) is 110 cm³/mol. The van der Waals surface area contributed by atoms with Crippen molar-refractivity contribution in [2.24, 2.45) is 41.4 Å². The molecule has 0 aliphatic heterocycles. The summed E-state index contributed by atoms with van der Waals surface area (Å²) in [6, 6.07) is 0. The van der Waals surface area contributed by atoms with Crippen molar-refractivity contribution >= 4 is 0 Å². The van der Waals surface area contributed by atoms with Crippen molar-refractivity contribution in [2.45, 2.75) is 116 Å². The molecule has 1 nitrogen and oxygen atoms in total. The van der Waals surface area contributed by atoms with E-state index in [0.717, 1.165) is 54.3 Å². The van der Waals surface area contributed by atoms with Crippen LogP contribution in [0, 0.1) is 41.4 Å². The summed E-state index contributed by atoms with van der Waals surface area (Å²) in [5, 5.41) is 9.77. The largest absolute Gasteiger partial charge is 0.393 e. The van der Waals surface area contributed by atoms with Gasteiger partial charge < -0.3 is 5.11 Å². The molecule has 4 saturated carbocycles. The topological polar surface area (TPSA) is 20.2 Å². The van der Waals surface area contributed by atoms with Gasteiger partial charge in [-0.15, -0.1) is 0 Å². The first-order valence-electron chi connectivity index (χ1n) is 12.4. The Bertz CT molecular complexity index is 360. The van der Waals surface area contributed by atoms with Gasteiger partial charge in [0.1, 0.15) is 0 Å². The Morgan fingerprint density at radius 2 is 0.615 bits per heavy atom. The monoisotopic (exact) mass is 360 g/mol. The van der Waals surface area contributed by atoms with Gasteiger partial charge in [-0.1, -0.05) is 19.8 Å². The van der Waals surface area contributed by atoms with Gasteiger partial charge in [0.2, 0.25) is 0 Å². The fourth-order valence-corrected chi connectivity index (χ4v) is 7.51. The number of aliphatic hydroxyl groups excluding tert-OH is 1. The molecule has 4 aliphatic carbocycles. The van der Waals surface area contributed by atoms with Crippen molar-refractivity contribution in [1.29, 1.82) is 0 Å². The van der Waals surface area contributed by atoms with Crippen LogP contribution in [0.3, 0.4) is 0 Å². The van der Waals surface area contributed by atoms with Crippen LogP contribution in [0.4, 0.5) is 0 Å². The Balaban J connectivity index is 1.18. The third-order valence-electron chi connectivity index (χ3n) is 9.43. The van der Waals surface area contributed by atoms with Gasteiger partial charge in [0.15, 0.2) is 0 Å². The van der Waals surface area contributed by atoms with Crippen LogP contribution in [0.15, 0.2) is 0 Å². The third kappa shape index (κ3) is 4.68. The van der Waals surface area contributed by atoms with E-state index in [1.165, 1.54) is 64.2 Å². The van der Waals surface area contributed by atoms with Crippen molar-refractivity contribution in [3.8, 4) is 0 Å². The van der Waals surface area contributed by atoms with Crippen LogP contribution in [0.2, 0.25) is 0 Å². The summed E-state index contributed by atoms with van der Waals surface area (Å²) >= 11 is 0. The second-order valence-corrected chi connectivity index (χ2v) is 10.9. The number of hydrogen-bond donors (Lipinski definition) is 1. The standard InChI is InChI=1S/C25H44O/c1-18-2-4-19(5-3-18)20-6-8-21(9-7-20)22-10-12-23(13-11-22)24-14-16-25(26)17-15-24/h18-26H,2-17H2,1H3. The lowest BCUT2D eigenvalue weighted by atomic mass is 9.63. The molecule has 0 aromatic rings. The van der Waals surface area contributed by atoms with Gasteiger partial charge in [0.05, 0.1) is 6.10 Å². The number of aliphatic hydroxyl groups is 1. The first-order valence-corrected chi connectivity index (χ1v) is 12.4. The summed E-state index contributed by atoms with van der Waals surface area (Å²) in [4.78, 5) is 0. The van der Waals surface area contributed by atoms with Gasteiger partial charge in [-0.25, -0.2) is 0 Å². The van der Waals surface area contributed by atoms with Crippen LogP contribution < -0.4 is 0 Å². The van der Waals surface area contributed by atoms with E-state index in [1.54, 1.807) is 25.7 Å². The second-order valence-electron chi connectivity index (χ2n) is 10.9. The fraction of sp³-hybridized carbons (Fsp3) is 1.00. The first-order chi connectivity index (χ1) is 12.7. The van der Waals surface area contributed by atoms with Crippen molar-refractivity contribution < 1.29 is 5.11 Å². The minimum Gasteiger partial charge on any atom is -0.393 e. The molecule has 0 saturated heterocycles.